The molecule has 0 saturated carbocycles. The van der Waals surface area contributed by atoms with Crippen LogP contribution in [0.5, 0.6) is 0 Å². The predicted octanol–water partition coefficient (Wildman–Crippen LogP) is 2.12. The summed E-state index contributed by atoms with van der Waals surface area (Å²) in [6.45, 7) is 4.88. The minimum Gasteiger partial charge on any atom is -0.395 e. The van der Waals surface area contributed by atoms with Crippen molar-refractivity contribution in [3.05, 3.63) is 17.5 Å². The highest BCUT2D eigenvalue weighted by Gasteiger charge is 2.18. The third kappa shape index (κ3) is 3.06. The zero-order valence-corrected chi connectivity index (χ0v) is 10.5. The van der Waals surface area contributed by atoms with E-state index in [-0.39, 0.29) is 6.61 Å². The fourth-order valence-electron chi connectivity index (χ4n) is 1.82. The lowest BCUT2D eigenvalue weighted by atomic mass is 10.1. The number of nitrogens with zero attached hydrogens (tertiary/aromatic N) is 3. The SMILES string of the molecule is CCC(CC)N(CCO)c1ncncc1Cl. The van der Waals surface area contributed by atoms with Crippen molar-refractivity contribution in [2.45, 2.75) is 32.7 Å². The Bertz CT molecular complexity index is 318. The van der Waals surface area contributed by atoms with E-state index in [1.807, 2.05) is 4.90 Å². The summed E-state index contributed by atoms with van der Waals surface area (Å²) >= 11 is 6.06. The first-order valence-corrected chi connectivity index (χ1v) is 5.95. The van der Waals surface area contributed by atoms with E-state index in [0.29, 0.717) is 23.4 Å². The molecule has 0 bridgehead atoms. The molecular formula is C11H18ClN3O. The molecule has 0 fully saturated rings. The third-order valence-corrected chi connectivity index (χ3v) is 2.91. The maximum atomic E-state index is 9.10. The van der Waals surface area contributed by atoms with Gasteiger partial charge in [0.05, 0.1) is 12.8 Å². The van der Waals surface area contributed by atoms with Crippen LogP contribution in [0.25, 0.3) is 0 Å². The van der Waals surface area contributed by atoms with E-state index in [1.165, 1.54) is 6.33 Å². The van der Waals surface area contributed by atoms with Gasteiger partial charge in [0.15, 0.2) is 5.82 Å². The zero-order valence-electron chi connectivity index (χ0n) is 9.73. The van der Waals surface area contributed by atoms with Crippen molar-refractivity contribution in [3.8, 4) is 0 Å². The van der Waals surface area contributed by atoms with Crippen LogP contribution in [0.15, 0.2) is 12.5 Å². The number of aliphatic hydroxyl groups excluding tert-OH is 1. The second-order valence-electron chi connectivity index (χ2n) is 3.58. The smallest absolute Gasteiger partial charge is 0.151 e. The Hall–Kier alpha value is -0.870. The molecule has 16 heavy (non-hydrogen) atoms. The highest BCUT2D eigenvalue weighted by atomic mass is 35.5. The minimum atomic E-state index is 0.0941. The number of anilines is 1. The van der Waals surface area contributed by atoms with Gasteiger partial charge in [0.1, 0.15) is 11.3 Å². The quantitative estimate of drug-likeness (QED) is 0.832. The van der Waals surface area contributed by atoms with E-state index in [4.69, 9.17) is 16.7 Å². The Morgan fingerprint density at radius 3 is 2.62 bits per heavy atom. The molecule has 1 aromatic rings. The number of rotatable bonds is 6. The summed E-state index contributed by atoms with van der Waals surface area (Å²) in [5.41, 5.74) is 0. The van der Waals surface area contributed by atoms with Crippen LogP contribution in [0.1, 0.15) is 26.7 Å². The first-order chi connectivity index (χ1) is 7.74. The van der Waals surface area contributed by atoms with Crippen molar-refractivity contribution in [3.63, 3.8) is 0 Å². The molecule has 0 spiro atoms. The van der Waals surface area contributed by atoms with Gasteiger partial charge >= 0.3 is 0 Å². The van der Waals surface area contributed by atoms with Crippen LogP contribution in [0, 0.1) is 0 Å². The molecule has 0 radical (unpaired) electrons. The summed E-state index contributed by atoms with van der Waals surface area (Å²) in [7, 11) is 0. The van der Waals surface area contributed by atoms with E-state index >= 15 is 0 Å². The van der Waals surface area contributed by atoms with Gasteiger partial charge in [-0.3, -0.25) is 0 Å². The minimum absolute atomic E-state index is 0.0941. The first-order valence-electron chi connectivity index (χ1n) is 5.57. The maximum Gasteiger partial charge on any atom is 0.151 e. The molecule has 1 aromatic heterocycles. The van der Waals surface area contributed by atoms with Crippen LogP contribution in [0.2, 0.25) is 5.02 Å². The number of aliphatic hydroxyl groups is 1. The molecule has 4 nitrogen and oxygen atoms in total. The molecule has 5 heteroatoms. The van der Waals surface area contributed by atoms with E-state index in [2.05, 4.69) is 23.8 Å². The molecule has 90 valence electrons. The summed E-state index contributed by atoms with van der Waals surface area (Å²) in [4.78, 5) is 10.1. The van der Waals surface area contributed by atoms with E-state index in [9.17, 15) is 0 Å². The lowest BCUT2D eigenvalue weighted by Crippen LogP contribution is -2.37. The highest BCUT2D eigenvalue weighted by Crippen LogP contribution is 2.24. The van der Waals surface area contributed by atoms with Crippen molar-refractivity contribution in [1.82, 2.24) is 9.97 Å². The Labute approximate surface area is 101 Å². The fourth-order valence-corrected chi connectivity index (χ4v) is 2.03. The number of aromatic nitrogens is 2. The fraction of sp³-hybridized carbons (Fsp3) is 0.636. The van der Waals surface area contributed by atoms with Crippen LogP contribution in [-0.4, -0.2) is 34.3 Å². The summed E-state index contributed by atoms with van der Waals surface area (Å²) in [5, 5.41) is 9.63. The van der Waals surface area contributed by atoms with Crippen molar-refractivity contribution < 1.29 is 5.11 Å². The second-order valence-corrected chi connectivity index (χ2v) is 3.99. The monoisotopic (exact) mass is 243 g/mol. The van der Waals surface area contributed by atoms with Crippen molar-refractivity contribution in [2.24, 2.45) is 0 Å². The third-order valence-electron chi connectivity index (χ3n) is 2.64. The molecule has 0 aliphatic carbocycles. The molecule has 0 saturated heterocycles. The van der Waals surface area contributed by atoms with E-state index in [1.54, 1.807) is 6.20 Å². The predicted molar refractivity (Wildman–Crippen MR) is 65.8 cm³/mol. The van der Waals surface area contributed by atoms with Gasteiger partial charge < -0.3 is 10.0 Å². The van der Waals surface area contributed by atoms with Crippen molar-refractivity contribution in [2.75, 3.05) is 18.1 Å². The normalized spacial score (nSPS) is 10.8. The summed E-state index contributed by atoms with van der Waals surface area (Å²) < 4.78 is 0. The van der Waals surface area contributed by atoms with Crippen LogP contribution in [-0.2, 0) is 0 Å². The van der Waals surface area contributed by atoms with Gasteiger partial charge in [0, 0.05) is 12.6 Å². The summed E-state index contributed by atoms with van der Waals surface area (Å²) in [5.74, 6) is 0.708. The molecule has 0 atom stereocenters. The summed E-state index contributed by atoms with van der Waals surface area (Å²) in [6, 6.07) is 0.347. The highest BCUT2D eigenvalue weighted by molar-refractivity contribution is 6.32. The van der Waals surface area contributed by atoms with Crippen LogP contribution < -0.4 is 4.90 Å². The van der Waals surface area contributed by atoms with Gasteiger partial charge in [0.2, 0.25) is 0 Å². The molecule has 1 rings (SSSR count). The molecule has 0 amide bonds. The first kappa shape index (κ1) is 13.2. The van der Waals surface area contributed by atoms with E-state index < -0.39 is 0 Å². The molecule has 0 aliphatic rings. The van der Waals surface area contributed by atoms with Gasteiger partial charge in [-0.05, 0) is 12.8 Å². The van der Waals surface area contributed by atoms with Gasteiger partial charge in [0.25, 0.3) is 0 Å². The lowest BCUT2D eigenvalue weighted by Gasteiger charge is -2.31. The largest absolute Gasteiger partial charge is 0.395 e. The topological polar surface area (TPSA) is 49.2 Å². The number of hydrogen-bond donors (Lipinski definition) is 1. The average molecular weight is 244 g/mol. The second kappa shape index (κ2) is 6.66. The molecule has 1 heterocycles. The Balaban J connectivity index is 2.97. The van der Waals surface area contributed by atoms with Gasteiger partial charge in [-0.25, -0.2) is 9.97 Å². The van der Waals surface area contributed by atoms with Gasteiger partial charge in [-0.15, -0.1) is 0 Å². The van der Waals surface area contributed by atoms with Gasteiger partial charge in [-0.2, -0.15) is 0 Å². The molecule has 0 aliphatic heterocycles. The van der Waals surface area contributed by atoms with Crippen molar-refractivity contribution >= 4 is 17.4 Å². The van der Waals surface area contributed by atoms with Crippen molar-refractivity contribution in [1.29, 1.82) is 0 Å². The Kier molecular flexibility index (Phi) is 5.49. The average Bonchev–Trinajstić information content (AvgIpc) is 2.30. The molecule has 0 unspecified atom stereocenters. The number of halogens is 1. The van der Waals surface area contributed by atoms with Crippen LogP contribution in [0.3, 0.4) is 0 Å². The maximum absolute atomic E-state index is 9.10. The molecule has 1 N–H and O–H groups in total. The number of hydrogen-bond acceptors (Lipinski definition) is 4. The van der Waals surface area contributed by atoms with Crippen LogP contribution in [0.4, 0.5) is 5.82 Å². The lowest BCUT2D eigenvalue weighted by molar-refractivity contribution is 0.295. The van der Waals surface area contributed by atoms with Crippen LogP contribution >= 0.6 is 11.6 Å². The standard InChI is InChI=1S/C11H18ClN3O/c1-3-9(4-2)15(5-6-16)11-10(12)7-13-8-14-11/h7-9,16H,3-6H2,1-2H3. The Morgan fingerprint density at radius 2 is 2.12 bits per heavy atom. The molecular weight excluding hydrogens is 226 g/mol. The van der Waals surface area contributed by atoms with E-state index in [0.717, 1.165) is 12.8 Å². The Morgan fingerprint density at radius 1 is 1.44 bits per heavy atom. The summed E-state index contributed by atoms with van der Waals surface area (Å²) in [6.07, 6.45) is 5.05. The zero-order chi connectivity index (χ0) is 12.0. The van der Waals surface area contributed by atoms with Gasteiger partial charge in [-0.1, -0.05) is 25.4 Å². The molecule has 0 aromatic carbocycles.